The highest BCUT2D eigenvalue weighted by Crippen LogP contribution is 2.40. The van der Waals surface area contributed by atoms with Crippen molar-refractivity contribution in [3.8, 4) is 0 Å². The minimum atomic E-state index is -1.77. The van der Waals surface area contributed by atoms with Crippen LogP contribution in [0.1, 0.15) is 54.4 Å². The Labute approximate surface area is 146 Å². The molecule has 0 aromatic heterocycles. The summed E-state index contributed by atoms with van der Waals surface area (Å²) in [5, 5.41) is 0.465. The van der Waals surface area contributed by atoms with Gasteiger partial charge in [-0.25, -0.2) is 0 Å². The van der Waals surface area contributed by atoms with Gasteiger partial charge in [-0.05, 0) is 49.1 Å². The van der Waals surface area contributed by atoms with Gasteiger partial charge < -0.3 is 13.6 Å². The fourth-order valence-electron chi connectivity index (χ4n) is 2.16. The van der Waals surface area contributed by atoms with Crippen molar-refractivity contribution >= 4 is 16.6 Å². The van der Waals surface area contributed by atoms with Gasteiger partial charge in [-0.3, -0.25) is 0 Å². The van der Waals surface area contributed by atoms with Gasteiger partial charge in [-0.2, -0.15) is 0 Å². The predicted molar refractivity (Wildman–Crippen MR) is 104 cm³/mol. The van der Waals surface area contributed by atoms with Crippen molar-refractivity contribution in [2.45, 2.75) is 103 Å². The summed E-state index contributed by atoms with van der Waals surface area (Å²) in [6.07, 6.45) is 2.47. The largest absolute Gasteiger partial charge is 0.414 e. The standard InChI is InChI=1S/C18H40O3Si2/c1-17(2,3)22(7,8)20-14-16-15(12-11-13-19-16)21-23(9,10)18(4,5)6/h15-16H,11-14H2,1-10H3/t15?,16-/m0/s1. The van der Waals surface area contributed by atoms with Crippen molar-refractivity contribution < 1.29 is 13.6 Å². The average Bonchev–Trinajstić information content (AvgIpc) is 2.34. The van der Waals surface area contributed by atoms with E-state index in [1.165, 1.54) is 0 Å². The van der Waals surface area contributed by atoms with Crippen LogP contribution in [0.2, 0.25) is 36.3 Å². The van der Waals surface area contributed by atoms with E-state index in [4.69, 9.17) is 13.6 Å². The summed E-state index contributed by atoms with van der Waals surface area (Å²) in [6.45, 7) is 24.5. The highest BCUT2D eigenvalue weighted by atomic mass is 28.4. The number of hydrogen-bond acceptors (Lipinski definition) is 3. The first-order valence-corrected chi connectivity index (χ1v) is 14.9. The van der Waals surface area contributed by atoms with Crippen molar-refractivity contribution in [2.24, 2.45) is 0 Å². The van der Waals surface area contributed by atoms with Crippen LogP contribution in [0.4, 0.5) is 0 Å². The second kappa shape index (κ2) is 7.28. The third-order valence-corrected chi connectivity index (χ3v) is 15.1. The molecule has 0 amide bonds. The highest BCUT2D eigenvalue weighted by molar-refractivity contribution is 6.74. The predicted octanol–water partition coefficient (Wildman–Crippen LogP) is 5.58. The average molecular weight is 361 g/mol. The first kappa shape index (κ1) is 21.4. The molecule has 1 fully saturated rings. The van der Waals surface area contributed by atoms with Gasteiger partial charge >= 0.3 is 0 Å². The van der Waals surface area contributed by atoms with E-state index in [1.807, 2.05) is 0 Å². The lowest BCUT2D eigenvalue weighted by Gasteiger charge is -2.44. The van der Waals surface area contributed by atoms with Crippen LogP contribution in [0.25, 0.3) is 0 Å². The molecule has 0 aromatic carbocycles. The highest BCUT2D eigenvalue weighted by Gasteiger charge is 2.43. The Balaban J connectivity index is 2.73. The van der Waals surface area contributed by atoms with Crippen LogP contribution in [0.5, 0.6) is 0 Å². The number of rotatable bonds is 5. The van der Waals surface area contributed by atoms with Gasteiger partial charge in [0.1, 0.15) is 6.10 Å². The maximum Gasteiger partial charge on any atom is 0.192 e. The smallest absolute Gasteiger partial charge is 0.192 e. The van der Waals surface area contributed by atoms with Crippen LogP contribution >= 0.6 is 0 Å². The minimum Gasteiger partial charge on any atom is -0.414 e. The summed E-state index contributed by atoms with van der Waals surface area (Å²) >= 11 is 0. The Morgan fingerprint density at radius 2 is 1.43 bits per heavy atom. The second-order valence-electron chi connectivity index (χ2n) is 10.0. The summed E-state index contributed by atoms with van der Waals surface area (Å²) in [5.74, 6) is 0. The Kier molecular flexibility index (Phi) is 6.76. The SMILES string of the molecule is CC(C)(C)[Si](C)(C)OC[C@@H]1OCCCC1O[Si](C)(C)C(C)(C)C. The van der Waals surface area contributed by atoms with E-state index in [0.29, 0.717) is 6.61 Å². The Bertz CT molecular complexity index is 381. The summed E-state index contributed by atoms with van der Waals surface area (Å²) in [4.78, 5) is 0. The second-order valence-corrected chi connectivity index (χ2v) is 19.6. The van der Waals surface area contributed by atoms with E-state index >= 15 is 0 Å². The van der Waals surface area contributed by atoms with E-state index in [9.17, 15) is 0 Å². The van der Waals surface area contributed by atoms with Gasteiger partial charge in [-0.15, -0.1) is 0 Å². The van der Waals surface area contributed by atoms with Crippen molar-refractivity contribution in [1.29, 1.82) is 0 Å². The van der Waals surface area contributed by atoms with Crippen molar-refractivity contribution in [1.82, 2.24) is 0 Å². The first-order valence-electron chi connectivity index (χ1n) is 9.11. The maximum absolute atomic E-state index is 6.66. The summed E-state index contributed by atoms with van der Waals surface area (Å²) in [6, 6.07) is 0. The molecule has 5 heteroatoms. The molecule has 1 saturated heterocycles. The van der Waals surface area contributed by atoms with Gasteiger partial charge in [0.2, 0.25) is 0 Å². The Morgan fingerprint density at radius 1 is 0.913 bits per heavy atom. The van der Waals surface area contributed by atoms with E-state index < -0.39 is 16.6 Å². The molecule has 1 heterocycles. The molecule has 0 bridgehead atoms. The summed E-state index contributed by atoms with van der Waals surface area (Å²) in [5.41, 5.74) is 0. The molecule has 0 radical (unpaired) electrons. The molecule has 1 rings (SSSR count). The third kappa shape index (κ3) is 5.67. The molecule has 1 unspecified atom stereocenters. The fourth-order valence-corrected chi connectivity index (χ4v) is 4.56. The Hall–Kier alpha value is 0.314. The van der Waals surface area contributed by atoms with Crippen molar-refractivity contribution in [3.05, 3.63) is 0 Å². The van der Waals surface area contributed by atoms with Gasteiger partial charge in [0, 0.05) is 6.61 Å². The molecule has 0 saturated carbocycles. The van der Waals surface area contributed by atoms with E-state index in [1.54, 1.807) is 0 Å². The molecule has 1 aliphatic rings. The zero-order valence-electron chi connectivity index (χ0n) is 17.2. The van der Waals surface area contributed by atoms with Crippen LogP contribution in [0, 0.1) is 0 Å². The van der Waals surface area contributed by atoms with Gasteiger partial charge in [0.05, 0.1) is 12.7 Å². The van der Waals surface area contributed by atoms with Crippen LogP contribution < -0.4 is 0 Å². The first-order chi connectivity index (χ1) is 10.2. The molecule has 0 spiro atoms. The van der Waals surface area contributed by atoms with Gasteiger partial charge in [-0.1, -0.05) is 41.5 Å². The molecule has 0 aliphatic carbocycles. The molecule has 3 nitrogen and oxygen atoms in total. The zero-order valence-corrected chi connectivity index (χ0v) is 19.2. The van der Waals surface area contributed by atoms with Crippen LogP contribution in [0.3, 0.4) is 0 Å². The molecule has 0 aromatic rings. The molecule has 0 N–H and O–H groups in total. The lowest BCUT2D eigenvalue weighted by molar-refractivity contribution is -0.0864. The number of hydrogen-bond donors (Lipinski definition) is 0. The molecule has 23 heavy (non-hydrogen) atoms. The third-order valence-electron chi connectivity index (χ3n) is 6.05. The zero-order chi connectivity index (χ0) is 18.1. The van der Waals surface area contributed by atoms with Gasteiger partial charge in [0.25, 0.3) is 0 Å². The lowest BCUT2D eigenvalue weighted by atomic mass is 10.1. The molecule has 2 atom stereocenters. The molecular weight excluding hydrogens is 320 g/mol. The van der Waals surface area contributed by atoms with Crippen molar-refractivity contribution in [3.63, 3.8) is 0 Å². The maximum atomic E-state index is 6.66. The fraction of sp³-hybridized carbons (Fsp3) is 1.00. The topological polar surface area (TPSA) is 27.7 Å². The minimum absolute atomic E-state index is 0.0898. The Morgan fingerprint density at radius 3 is 1.91 bits per heavy atom. The van der Waals surface area contributed by atoms with Gasteiger partial charge in [0.15, 0.2) is 16.6 Å². The summed E-state index contributed by atoms with van der Waals surface area (Å²) in [7, 11) is -3.51. The van der Waals surface area contributed by atoms with E-state index in [0.717, 1.165) is 19.4 Å². The van der Waals surface area contributed by atoms with E-state index in [-0.39, 0.29) is 22.3 Å². The normalized spacial score (nSPS) is 24.8. The van der Waals surface area contributed by atoms with Crippen LogP contribution in [-0.4, -0.2) is 42.1 Å². The van der Waals surface area contributed by atoms with Crippen molar-refractivity contribution in [2.75, 3.05) is 13.2 Å². The molecule has 138 valence electrons. The molecular formula is C18H40O3Si2. The number of ether oxygens (including phenoxy) is 1. The van der Waals surface area contributed by atoms with Crippen LogP contribution in [0.15, 0.2) is 0 Å². The lowest BCUT2D eigenvalue weighted by Crippen LogP contribution is -2.51. The monoisotopic (exact) mass is 360 g/mol. The molecule has 1 aliphatic heterocycles. The van der Waals surface area contributed by atoms with E-state index in [2.05, 4.69) is 67.7 Å². The quantitative estimate of drug-likeness (QED) is 0.599. The van der Waals surface area contributed by atoms with Crippen LogP contribution in [-0.2, 0) is 13.6 Å². The summed E-state index contributed by atoms with van der Waals surface area (Å²) < 4.78 is 19.1.